The zero-order valence-corrected chi connectivity index (χ0v) is 13.0. The van der Waals surface area contributed by atoms with Crippen LogP contribution < -0.4 is 0 Å². The Kier molecular flexibility index (Phi) is 6.06. The Morgan fingerprint density at radius 2 is 2.05 bits per heavy atom. The van der Waals surface area contributed by atoms with Crippen LogP contribution in [0.3, 0.4) is 0 Å². The van der Waals surface area contributed by atoms with Crippen molar-refractivity contribution in [1.29, 1.82) is 0 Å². The fourth-order valence-electron chi connectivity index (χ4n) is 1.74. The highest BCUT2D eigenvalue weighted by atomic mass is 32.2. The maximum Gasteiger partial charge on any atom is 0.323 e. The largest absolute Gasteiger partial charge is 0.480 e. The summed E-state index contributed by atoms with van der Waals surface area (Å²) in [6, 6.07) is -0.127. The number of aromatic nitrogens is 1. The van der Waals surface area contributed by atoms with Crippen molar-refractivity contribution >= 4 is 23.6 Å². The molecule has 112 valence electrons. The first-order valence-electron chi connectivity index (χ1n) is 6.33. The number of thioether (sulfide) groups is 1. The van der Waals surface area contributed by atoms with E-state index < -0.39 is 5.97 Å². The lowest BCUT2D eigenvalue weighted by atomic mass is 10.2. The molecule has 0 unspecified atom stereocenters. The average Bonchev–Trinajstić information content (AvgIpc) is 2.66. The van der Waals surface area contributed by atoms with Crippen molar-refractivity contribution in [3.05, 3.63) is 17.0 Å². The summed E-state index contributed by atoms with van der Waals surface area (Å²) < 4.78 is 5.05. The van der Waals surface area contributed by atoms with Gasteiger partial charge < -0.3 is 14.5 Å². The fourth-order valence-corrected chi connectivity index (χ4v) is 2.79. The van der Waals surface area contributed by atoms with Gasteiger partial charge in [0.1, 0.15) is 12.3 Å². The first-order valence-corrected chi connectivity index (χ1v) is 7.49. The molecule has 1 rings (SSSR count). The van der Waals surface area contributed by atoms with E-state index in [1.54, 1.807) is 13.8 Å². The Balaban J connectivity index is 2.51. The number of rotatable bonds is 7. The second-order valence-corrected chi connectivity index (χ2v) is 5.79. The van der Waals surface area contributed by atoms with Gasteiger partial charge in [0.05, 0.1) is 11.4 Å². The summed E-state index contributed by atoms with van der Waals surface area (Å²) in [5.41, 5.74) is 1.82. The summed E-state index contributed by atoms with van der Waals surface area (Å²) >= 11 is 1.44. The number of carboxylic acids is 1. The fraction of sp³-hybridized carbons (Fsp3) is 0.615. The van der Waals surface area contributed by atoms with Gasteiger partial charge in [-0.1, -0.05) is 5.16 Å². The molecular formula is C13H20N2O4S. The van der Waals surface area contributed by atoms with E-state index in [1.807, 2.05) is 13.8 Å². The third-order valence-corrected chi connectivity index (χ3v) is 3.85. The van der Waals surface area contributed by atoms with Crippen LogP contribution >= 0.6 is 11.8 Å². The van der Waals surface area contributed by atoms with Crippen molar-refractivity contribution in [1.82, 2.24) is 10.1 Å². The molecule has 6 nitrogen and oxygen atoms in total. The normalized spacial score (nSPS) is 10.8. The number of hydrogen-bond acceptors (Lipinski definition) is 5. The highest BCUT2D eigenvalue weighted by Crippen LogP contribution is 2.19. The van der Waals surface area contributed by atoms with Crippen LogP contribution in [0.2, 0.25) is 0 Å². The molecule has 0 aliphatic carbocycles. The Hall–Kier alpha value is -1.50. The van der Waals surface area contributed by atoms with E-state index in [1.165, 1.54) is 16.7 Å². The van der Waals surface area contributed by atoms with E-state index in [4.69, 9.17) is 9.63 Å². The molecule has 1 N–H and O–H groups in total. The summed E-state index contributed by atoms with van der Waals surface area (Å²) in [6.07, 6.45) is 0. The van der Waals surface area contributed by atoms with Gasteiger partial charge in [0, 0.05) is 17.4 Å². The van der Waals surface area contributed by atoms with Gasteiger partial charge in [-0.25, -0.2) is 0 Å². The molecule has 0 aliphatic rings. The van der Waals surface area contributed by atoms with Crippen LogP contribution in [0.25, 0.3) is 0 Å². The molecule has 0 saturated carbocycles. The minimum Gasteiger partial charge on any atom is -0.480 e. The van der Waals surface area contributed by atoms with Gasteiger partial charge in [-0.05, 0) is 27.7 Å². The number of carboxylic acid groups (broad SMARTS) is 1. The van der Waals surface area contributed by atoms with Gasteiger partial charge in [-0.3, -0.25) is 9.59 Å². The smallest absolute Gasteiger partial charge is 0.323 e. The topological polar surface area (TPSA) is 83.6 Å². The lowest BCUT2D eigenvalue weighted by molar-refractivity contribution is -0.144. The molecule has 7 heteroatoms. The summed E-state index contributed by atoms with van der Waals surface area (Å²) in [7, 11) is 0. The SMILES string of the molecule is Cc1noc(C)c1CSCC(=O)N(CC(=O)O)C(C)C. The summed E-state index contributed by atoms with van der Waals surface area (Å²) in [5, 5.41) is 12.7. The van der Waals surface area contributed by atoms with E-state index in [-0.39, 0.29) is 24.2 Å². The second-order valence-electron chi connectivity index (χ2n) is 4.80. The second kappa shape index (κ2) is 7.33. The zero-order chi connectivity index (χ0) is 15.3. The first-order chi connectivity index (χ1) is 9.32. The quantitative estimate of drug-likeness (QED) is 0.827. The van der Waals surface area contributed by atoms with E-state index in [0.717, 1.165) is 17.0 Å². The van der Waals surface area contributed by atoms with E-state index in [9.17, 15) is 9.59 Å². The van der Waals surface area contributed by atoms with Crippen molar-refractivity contribution < 1.29 is 19.2 Å². The Bertz CT molecular complexity index is 465. The molecule has 20 heavy (non-hydrogen) atoms. The molecule has 0 aromatic carbocycles. The van der Waals surface area contributed by atoms with Crippen molar-refractivity contribution in [3.8, 4) is 0 Å². The highest BCUT2D eigenvalue weighted by Gasteiger charge is 2.20. The molecule has 1 amide bonds. The molecule has 0 saturated heterocycles. The highest BCUT2D eigenvalue weighted by molar-refractivity contribution is 7.99. The Labute approximate surface area is 122 Å². The molecule has 0 fully saturated rings. The molecule has 0 spiro atoms. The van der Waals surface area contributed by atoms with Crippen molar-refractivity contribution in [2.24, 2.45) is 0 Å². The van der Waals surface area contributed by atoms with E-state index >= 15 is 0 Å². The molecule has 1 aromatic heterocycles. The standard InChI is InChI=1S/C13H20N2O4S/c1-8(2)15(5-13(17)18)12(16)7-20-6-11-9(3)14-19-10(11)4/h8H,5-7H2,1-4H3,(H,17,18). The van der Waals surface area contributed by atoms with Gasteiger partial charge >= 0.3 is 5.97 Å². The monoisotopic (exact) mass is 300 g/mol. The number of carbonyl (C=O) groups is 2. The third kappa shape index (κ3) is 4.56. The average molecular weight is 300 g/mol. The lowest BCUT2D eigenvalue weighted by Gasteiger charge is -2.24. The van der Waals surface area contributed by atoms with Gasteiger partial charge in [0.25, 0.3) is 0 Å². The van der Waals surface area contributed by atoms with Crippen molar-refractivity contribution in [3.63, 3.8) is 0 Å². The molecule has 0 aliphatic heterocycles. The maximum atomic E-state index is 12.0. The van der Waals surface area contributed by atoms with Crippen molar-refractivity contribution in [2.75, 3.05) is 12.3 Å². The first kappa shape index (κ1) is 16.6. The maximum absolute atomic E-state index is 12.0. The number of aliphatic carboxylic acids is 1. The van der Waals surface area contributed by atoms with E-state index in [2.05, 4.69) is 5.16 Å². The van der Waals surface area contributed by atoms with Gasteiger partial charge in [-0.2, -0.15) is 0 Å². The van der Waals surface area contributed by atoms with E-state index in [0.29, 0.717) is 5.75 Å². The van der Waals surface area contributed by atoms with Gasteiger partial charge in [0.2, 0.25) is 5.91 Å². The number of amides is 1. The third-order valence-electron chi connectivity index (χ3n) is 2.90. The number of carbonyl (C=O) groups excluding carboxylic acids is 1. The molecule has 0 bridgehead atoms. The number of hydrogen-bond donors (Lipinski definition) is 1. The zero-order valence-electron chi connectivity index (χ0n) is 12.2. The lowest BCUT2D eigenvalue weighted by Crippen LogP contribution is -2.41. The summed E-state index contributed by atoms with van der Waals surface area (Å²) in [6.45, 7) is 7.05. The molecule has 0 atom stereocenters. The Morgan fingerprint density at radius 3 is 2.50 bits per heavy atom. The van der Waals surface area contributed by atoms with Crippen LogP contribution in [0.4, 0.5) is 0 Å². The van der Waals surface area contributed by atoms with Gasteiger partial charge in [0.15, 0.2) is 0 Å². The summed E-state index contributed by atoms with van der Waals surface area (Å²) in [4.78, 5) is 24.1. The minimum atomic E-state index is -0.997. The predicted molar refractivity (Wildman–Crippen MR) is 76.6 cm³/mol. The summed E-state index contributed by atoms with van der Waals surface area (Å²) in [5.74, 6) is 0.470. The van der Waals surface area contributed by atoms with Crippen LogP contribution in [-0.4, -0.2) is 45.4 Å². The minimum absolute atomic E-state index is 0.127. The van der Waals surface area contributed by atoms with Crippen LogP contribution in [0.5, 0.6) is 0 Å². The molecular weight excluding hydrogens is 280 g/mol. The van der Waals surface area contributed by atoms with Crippen LogP contribution in [0.1, 0.15) is 30.9 Å². The number of nitrogens with zero attached hydrogens (tertiary/aromatic N) is 2. The van der Waals surface area contributed by atoms with Crippen LogP contribution in [-0.2, 0) is 15.3 Å². The molecule has 0 radical (unpaired) electrons. The van der Waals surface area contributed by atoms with Crippen LogP contribution in [0.15, 0.2) is 4.52 Å². The number of aryl methyl sites for hydroxylation is 2. The Morgan fingerprint density at radius 1 is 1.40 bits per heavy atom. The predicted octanol–water partition coefficient (Wildman–Crippen LogP) is 1.85. The van der Waals surface area contributed by atoms with Gasteiger partial charge in [-0.15, -0.1) is 11.8 Å². The molecule has 1 aromatic rings. The molecule has 1 heterocycles. The van der Waals surface area contributed by atoms with Crippen LogP contribution in [0, 0.1) is 13.8 Å². The van der Waals surface area contributed by atoms with Crippen molar-refractivity contribution in [2.45, 2.75) is 39.5 Å².